The van der Waals surface area contributed by atoms with Crippen LogP contribution in [-0.2, 0) is 21.7 Å². The van der Waals surface area contributed by atoms with E-state index in [1.165, 1.54) is 33.0 Å². The number of benzene rings is 3. The average Bonchev–Trinajstić information content (AvgIpc) is 3.06. The number of halogens is 2. The summed E-state index contributed by atoms with van der Waals surface area (Å²) in [5, 5.41) is 2.53. The van der Waals surface area contributed by atoms with Crippen molar-refractivity contribution in [2.45, 2.75) is 34.1 Å². The minimum atomic E-state index is 0. The van der Waals surface area contributed by atoms with Crippen LogP contribution in [0.2, 0.25) is 0 Å². The molecule has 4 rings (SSSR count). The van der Waals surface area contributed by atoms with E-state index in [-0.39, 0.29) is 46.5 Å². The quantitative estimate of drug-likeness (QED) is 0.249. The number of fused-ring (bicyclic) bond motifs is 1. The van der Waals surface area contributed by atoms with Crippen LogP contribution in [0.15, 0.2) is 66.3 Å². The number of nitrogens with one attached hydrogen (secondary N) is 1. The molecule has 0 unspecified atom stereocenters. The first kappa shape index (κ1) is 28.4. The molecule has 0 saturated carbocycles. The van der Waals surface area contributed by atoms with Gasteiger partial charge in [-0.05, 0) is 34.1 Å². The summed E-state index contributed by atoms with van der Waals surface area (Å²) in [5.74, 6) is 0. The number of aryl methyl sites for hydroxylation is 3. The third-order valence-corrected chi connectivity index (χ3v) is 5.21. The van der Waals surface area contributed by atoms with Crippen molar-refractivity contribution in [3.8, 4) is 0 Å². The van der Waals surface area contributed by atoms with Crippen LogP contribution in [0, 0.1) is 27.7 Å². The van der Waals surface area contributed by atoms with Gasteiger partial charge in [0.1, 0.15) is 0 Å². The topological polar surface area (TPSA) is 23.8 Å². The summed E-state index contributed by atoms with van der Waals surface area (Å²) in [6.07, 6.45) is 5.45. The van der Waals surface area contributed by atoms with Gasteiger partial charge in [0, 0.05) is 0 Å². The van der Waals surface area contributed by atoms with Crippen molar-refractivity contribution in [2.75, 3.05) is 0 Å². The second-order valence-electron chi connectivity index (χ2n) is 7.35. The molecule has 0 bridgehead atoms. The molecule has 0 heterocycles. The van der Waals surface area contributed by atoms with E-state index in [0.29, 0.717) is 5.69 Å². The van der Waals surface area contributed by atoms with E-state index in [2.05, 4.69) is 69.3 Å². The van der Waals surface area contributed by atoms with E-state index in [9.17, 15) is 0 Å². The molecule has 0 fully saturated rings. The molecule has 3 aromatic carbocycles. The van der Waals surface area contributed by atoms with Crippen LogP contribution >= 0.6 is 24.8 Å². The third kappa shape index (κ3) is 6.19. The van der Waals surface area contributed by atoms with Gasteiger partial charge in [0.2, 0.25) is 0 Å². The summed E-state index contributed by atoms with van der Waals surface area (Å²) in [4.78, 5) is 0. The van der Waals surface area contributed by atoms with Crippen LogP contribution in [-0.4, -0.2) is 0 Å². The average molecular weight is 474 g/mol. The molecule has 0 atom stereocenters. The van der Waals surface area contributed by atoms with Gasteiger partial charge in [-0.1, -0.05) is 81.8 Å². The smallest absolute Gasteiger partial charge is 0.698 e. The fraction of sp³-hybridized carbons (Fsp3) is 0.192. The first-order valence-corrected chi connectivity index (χ1v) is 9.38. The molecular formula is C26H29Cl2NTi. The monoisotopic (exact) mass is 473 g/mol. The van der Waals surface area contributed by atoms with E-state index in [0.717, 1.165) is 23.1 Å². The zero-order valence-corrected chi connectivity index (χ0v) is 21.2. The van der Waals surface area contributed by atoms with Crippen LogP contribution in [0.3, 0.4) is 0 Å². The van der Waals surface area contributed by atoms with Gasteiger partial charge in [-0.3, -0.25) is 0 Å². The molecule has 1 N–H and O–H groups in total. The van der Waals surface area contributed by atoms with Crippen LogP contribution in [0.5, 0.6) is 0 Å². The zero-order valence-electron chi connectivity index (χ0n) is 18.0. The summed E-state index contributed by atoms with van der Waals surface area (Å²) in [6, 6.07) is 16.9. The Morgan fingerprint density at radius 1 is 0.867 bits per heavy atom. The van der Waals surface area contributed by atoms with Gasteiger partial charge in [-0.15, -0.1) is 53.6 Å². The Balaban J connectivity index is 0.000000569. The molecule has 30 heavy (non-hydrogen) atoms. The first-order valence-electron chi connectivity index (χ1n) is 9.38. The fourth-order valence-electron chi connectivity index (χ4n) is 3.74. The number of hydrogen-bond acceptors (Lipinski definition) is 0. The molecule has 0 amide bonds. The summed E-state index contributed by atoms with van der Waals surface area (Å²) < 4.78 is 0. The fourth-order valence-corrected chi connectivity index (χ4v) is 3.74. The second-order valence-corrected chi connectivity index (χ2v) is 7.35. The maximum Gasteiger partial charge on any atom is 2.00 e. The van der Waals surface area contributed by atoms with Crippen LogP contribution < -0.4 is 0 Å². The molecule has 3 aromatic rings. The number of rotatable bonds is 1. The van der Waals surface area contributed by atoms with Gasteiger partial charge in [0.05, 0.1) is 0 Å². The molecule has 0 aliphatic heterocycles. The molecule has 156 valence electrons. The predicted molar refractivity (Wildman–Crippen MR) is 134 cm³/mol. The standard InChI is InChI=1S/C17H15.C9H12N.2ClH.Ti/c1-12-6-5-9-15(12)17-11-10-14-7-3-4-8-16(14)13(17)2;1-6-4-7(2)9(10)8(3)5-6;;;/h3-8,10-11H,2,9H2,1H3;4-5,10H,1-3H3;2*1H;/q2*-1;;;+2. The van der Waals surface area contributed by atoms with Crippen molar-refractivity contribution in [2.24, 2.45) is 0 Å². The van der Waals surface area contributed by atoms with Gasteiger partial charge in [0.15, 0.2) is 0 Å². The van der Waals surface area contributed by atoms with Crippen LogP contribution in [0.1, 0.15) is 41.2 Å². The second kappa shape index (κ2) is 12.3. The third-order valence-electron chi connectivity index (χ3n) is 5.21. The van der Waals surface area contributed by atoms with Gasteiger partial charge >= 0.3 is 21.7 Å². The molecule has 1 aliphatic rings. The normalized spacial score (nSPS) is 11.7. The van der Waals surface area contributed by atoms with E-state index in [1.807, 2.05) is 26.0 Å². The van der Waals surface area contributed by atoms with Crippen molar-refractivity contribution in [1.29, 1.82) is 0 Å². The number of allylic oxidation sites excluding steroid dienone is 4. The molecule has 0 radical (unpaired) electrons. The van der Waals surface area contributed by atoms with Gasteiger partial charge in [0.25, 0.3) is 0 Å². The first-order chi connectivity index (χ1) is 12.9. The van der Waals surface area contributed by atoms with Crippen molar-refractivity contribution in [3.63, 3.8) is 0 Å². The molecule has 0 aromatic heterocycles. The zero-order chi connectivity index (χ0) is 19.6. The SMILES string of the molecule is Cc1cc(C)c([NH-])c(C)c1.Cl.Cl.[CH2-]c1c(C2=C(C)C=CC2)ccc2ccccc12.[Ti+2]. The maximum absolute atomic E-state index is 7.54. The van der Waals surface area contributed by atoms with E-state index in [1.54, 1.807) is 0 Å². The van der Waals surface area contributed by atoms with Crippen molar-refractivity contribution < 1.29 is 21.7 Å². The molecule has 1 aliphatic carbocycles. The summed E-state index contributed by atoms with van der Waals surface area (Å²) in [5.41, 5.74) is 16.8. The van der Waals surface area contributed by atoms with E-state index in [4.69, 9.17) is 5.73 Å². The molecule has 0 saturated heterocycles. The Hall–Kier alpha value is -1.64. The van der Waals surface area contributed by atoms with E-state index < -0.39 is 0 Å². The minimum Gasteiger partial charge on any atom is -0.698 e. The molecule has 1 nitrogen and oxygen atoms in total. The molecule has 0 spiro atoms. The van der Waals surface area contributed by atoms with Crippen LogP contribution in [0.25, 0.3) is 22.1 Å². The summed E-state index contributed by atoms with van der Waals surface area (Å²) >= 11 is 0. The summed E-state index contributed by atoms with van der Waals surface area (Å²) in [6.45, 7) is 12.4. The van der Waals surface area contributed by atoms with Gasteiger partial charge in [-0.2, -0.15) is 12.5 Å². The van der Waals surface area contributed by atoms with Gasteiger partial charge < -0.3 is 5.73 Å². The Morgan fingerprint density at radius 2 is 1.47 bits per heavy atom. The molecular weight excluding hydrogens is 445 g/mol. The largest absolute Gasteiger partial charge is 2.00 e. The Morgan fingerprint density at radius 3 is 2.03 bits per heavy atom. The van der Waals surface area contributed by atoms with Gasteiger partial charge in [-0.25, -0.2) is 0 Å². The maximum atomic E-state index is 7.54. The van der Waals surface area contributed by atoms with Crippen molar-refractivity contribution >= 4 is 46.8 Å². The van der Waals surface area contributed by atoms with E-state index >= 15 is 0 Å². The Labute approximate surface area is 208 Å². The summed E-state index contributed by atoms with van der Waals surface area (Å²) in [7, 11) is 0. The van der Waals surface area contributed by atoms with Crippen molar-refractivity contribution in [1.82, 2.24) is 0 Å². The minimum absolute atomic E-state index is 0. The Bertz CT molecular complexity index is 1040. The van der Waals surface area contributed by atoms with Crippen molar-refractivity contribution in [3.05, 3.63) is 107 Å². The predicted octanol–water partition coefficient (Wildman–Crippen LogP) is 8.89. The number of hydrogen-bond donors (Lipinski definition) is 0. The van der Waals surface area contributed by atoms with Crippen LogP contribution in [0.4, 0.5) is 5.69 Å². The molecule has 4 heteroatoms. The Kier molecular flexibility index (Phi) is 11.6.